The molecule has 2 aromatic heterocycles. The molecule has 2 aliphatic rings. The number of halogens is 2. The molecule has 3 heterocycles. The Morgan fingerprint density at radius 1 is 1.00 bits per heavy atom. The number of furan rings is 1. The number of fused-ring (bicyclic) bond motifs is 2. The van der Waals surface area contributed by atoms with E-state index < -0.39 is 0 Å². The van der Waals surface area contributed by atoms with Gasteiger partial charge in [-0.15, -0.1) is 0 Å². The molecule has 142 valence electrons. The third kappa shape index (κ3) is 2.65. The molecule has 0 saturated heterocycles. The van der Waals surface area contributed by atoms with E-state index in [4.69, 9.17) is 27.6 Å². The second kappa shape index (κ2) is 6.61. The van der Waals surface area contributed by atoms with Crippen LogP contribution in [0.1, 0.15) is 58.1 Å². The predicted molar refractivity (Wildman–Crippen MR) is 106 cm³/mol. The molecule has 2 amide bonds. The Hall–Kier alpha value is -2.37. The van der Waals surface area contributed by atoms with Crippen LogP contribution in [0.3, 0.4) is 0 Å². The fourth-order valence-corrected chi connectivity index (χ4v) is 4.91. The van der Waals surface area contributed by atoms with Gasteiger partial charge in [0.1, 0.15) is 16.4 Å². The van der Waals surface area contributed by atoms with Crippen LogP contribution in [0, 0.1) is 0 Å². The van der Waals surface area contributed by atoms with E-state index in [0.717, 1.165) is 25.7 Å². The van der Waals surface area contributed by atoms with E-state index >= 15 is 0 Å². The van der Waals surface area contributed by atoms with Crippen molar-refractivity contribution in [2.24, 2.45) is 0 Å². The second-order valence-corrected chi connectivity index (χ2v) is 8.07. The third-order valence-electron chi connectivity index (χ3n) is 5.67. The Labute approximate surface area is 171 Å². The number of hydrogen-bond acceptors (Lipinski definition) is 4. The van der Waals surface area contributed by atoms with Crippen molar-refractivity contribution in [1.82, 2.24) is 9.88 Å². The Balaban J connectivity index is 1.56. The van der Waals surface area contributed by atoms with Gasteiger partial charge in [0.25, 0.3) is 11.8 Å². The van der Waals surface area contributed by atoms with Gasteiger partial charge in [0.2, 0.25) is 0 Å². The lowest BCUT2D eigenvalue weighted by Crippen LogP contribution is -2.44. The summed E-state index contributed by atoms with van der Waals surface area (Å²) in [5.41, 5.74) is 2.00. The zero-order chi connectivity index (χ0) is 19.4. The summed E-state index contributed by atoms with van der Waals surface area (Å²) in [6, 6.07) is 10.1. The van der Waals surface area contributed by atoms with Crippen molar-refractivity contribution < 1.29 is 14.0 Å². The molecule has 1 saturated carbocycles. The van der Waals surface area contributed by atoms with Crippen molar-refractivity contribution in [3.05, 3.63) is 63.5 Å². The summed E-state index contributed by atoms with van der Waals surface area (Å²) >= 11 is 12.3. The molecular formula is C21H16Cl2N2O3. The van der Waals surface area contributed by atoms with Crippen LogP contribution in [0.2, 0.25) is 10.2 Å². The SMILES string of the molecule is O=C1c2ccccc2C(=O)N1[C@H]1CCCC[C@H]1c1cc2nc(Cl)cc(Cl)c2o1. The van der Waals surface area contributed by atoms with Gasteiger partial charge < -0.3 is 4.42 Å². The zero-order valence-electron chi connectivity index (χ0n) is 14.8. The van der Waals surface area contributed by atoms with E-state index in [2.05, 4.69) is 4.98 Å². The lowest BCUT2D eigenvalue weighted by molar-refractivity contribution is 0.0514. The smallest absolute Gasteiger partial charge is 0.261 e. The Morgan fingerprint density at radius 2 is 1.68 bits per heavy atom. The molecule has 0 bridgehead atoms. The van der Waals surface area contributed by atoms with Gasteiger partial charge in [-0.3, -0.25) is 14.5 Å². The standard InChI is InChI=1S/C21H16Cl2N2O3/c22-14-9-18(23)24-15-10-17(28-19(14)15)13-7-3-4-8-16(13)25-20(26)11-5-1-2-6-12(11)21(25)27/h1-2,5-6,9-10,13,16H,3-4,7-8H2/t13-,16+/m1/s1. The highest BCUT2D eigenvalue weighted by Crippen LogP contribution is 2.42. The monoisotopic (exact) mass is 414 g/mol. The summed E-state index contributed by atoms with van der Waals surface area (Å²) in [5.74, 6) is 0.133. The molecule has 2 atom stereocenters. The van der Waals surface area contributed by atoms with Crippen LogP contribution < -0.4 is 0 Å². The molecule has 0 radical (unpaired) electrons. The van der Waals surface area contributed by atoms with E-state index in [-0.39, 0.29) is 23.8 Å². The maximum atomic E-state index is 13.0. The molecule has 5 nitrogen and oxygen atoms in total. The van der Waals surface area contributed by atoms with Gasteiger partial charge in [-0.2, -0.15) is 0 Å². The third-order valence-corrected chi connectivity index (χ3v) is 6.15. The number of pyridine rings is 1. The molecule has 7 heteroatoms. The summed E-state index contributed by atoms with van der Waals surface area (Å²) in [6.07, 6.45) is 3.53. The maximum absolute atomic E-state index is 13.0. The van der Waals surface area contributed by atoms with Crippen molar-refractivity contribution in [3.63, 3.8) is 0 Å². The average Bonchev–Trinajstić information content (AvgIpc) is 3.22. The minimum Gasteiger partial charge on any atom is -0.457 e. The number of carbonyl (C=O) groups excluding carboxylic acids is 2. The predicted octanol–water partition coefficient (Wildman–Crippen LogP) is 5.46. The van der Waals surface area contributed by atoms with Crippen LogP contribution in [0.15, 0.2) is 40.8 Å². The van der Waals surface area contributed by atoms with E-state index in [1.54, 1.807) is 30.3 Å². The van der Waals surface area contributed by atoms with Crippen molar-refractivity contribution in [2.75, 3.05) is 0 Å². The normalized spacial score (nSPS) is 22.1. The number of aromatic nitrogens is 1. The van der Waals surface area contributed by atoms with Gasteiger partial charge in [0.15, 0.2) is 5.58 Å². The van der Waals surface area contributed by atoms with Gasteiger partial charge in [0, 0.05) is 12.0 Å². The summed E-state index contributed by atoms with van der Waals surface area (Å²) < 4.78 is 6.03. The van der Waals surface area contributed by atoms with E-state index in [9.17, 15) is 9.59 Å². The average molecular weight is 415 g/mol. The van der Waals surface area contributed by atoms with Crippen LogP contribution in [-0.2, 0) is 0 Å². The molecule has 1 fully saturated rings. The van der Waals surface area contributed by atoms with Crippen LogP contribution in [-0.4, -0.2) is 27.7 Å². The lowest BCUT2D eigenvalue weighted by atomic mass is 9.82. The first kappa shape index (κ1) is 17.7. The molecule has 1 aliphatic carbocycles. The van der Waals surface area contributed by atoms with Gasteiger partial charge >= 0.3 is 0 Å². The minimum absolute atomic E-state index is 0.0972. The number of hydrogen-bond donors (Lipinski definition) is 0. The zero-order valence-corrected chi connectivity index (χ0v) is 16.3. The van der Waals surface area contributed by atoms with E-state index in [0.29, 0.717) is 38.2 Å². The number of nitrogens with zero attached hydrogens (tertiary/aromatic N) is 2. The number of imide groups is 1. The number of amides is 2. The minimum atomic E-state index is -0.254. The Morgan fingerprint density at radius 3 is 2.39 bits per heavy atom. The lowest BCUT2D eigenvalue weighted by Gasteiger charge is -2.35. The van der Waals surface area contributed by atoms with E-state index in [1.807, 2.05) is 6.07 Å². The van der Waals surface area contributed by atoms with Crippen molar-refractivity contribution in [3.8, 4) is 0 Å². The number of rotatable bonds is 2. The largest absolute Gasteiger partial charge is 0.457 e. The van der Waals surface area contributed by atoms with E-state index in [1.165, 1.54) is 4.90 Å². The van der Waals surface area contributed by atoms with Crippen LogP contribution in [0.25, 0.3) is 11.1 Å². The Kier molecular flexibility index (Phi) is 4.18. The molecule has 0 N–H and O–H groups in total. The summed E-state index contributed by atoms with van der Waals surface area (Å²) in [5, 5.41) is 0.694. The first-order valence-electron chi connectivity index (χ1n) is 9.27. The fourth-order valence-electron chi connectivity index (χ4n) is 4.42. The Bertz CT molecular complexity index is 1090. The summed E-state index contributed by atoms with van der Waals surface area (Å²) in [7, 11) is 0. The topological polar surface area (TPSA) is 63.4 Å². The highest BCUT2D eigenvalue weighted by molar-refractivity contribution is 6.37. The quantitative estimate of drug-likeness (QED) is 0.412. The van der Waals surface area contributed by atoms with Gasteiger partial charge in [-0.1, -0.05) is 48.2 Å². The fraction of sp³-hybridized carbons (Fsp3) is 0.286. The van der Waals surface area contributed by atoms with Gasteiger partial charge in [0.05, 0.1) is 22.2 Å². The molecule has 0 spiro atoms. The van der Waals surface area contributed by atoms with Crippen LogP contribution in [0.5, 0.6) is 0 Å². The van der Waals surface area contributed by atoms with Crippen molar-refractivity contribution in [2.45, 2.75) is 37.6 Å². The first-order chi connectivity index (χ1) is 13.5. The molecular weight excluding hydrogens is 399 g/mol. The summed E-state index contributed by atoms with van der Waals surface area (Å²) in [6.45, 7) is 0. The molecule has 1 aromatic carbocycles. The maximum Gasteiger partial charge on any atom is 0.261 e. The summed E-state index contributed by atoms with van der Waals surface area (Å²) in [4.78, 5) is 31.7. The molecule has 1 aliphatic heterocycles. The van der Waals surface area contributed by atoms with Crippen molar-refractivity contribution in [1.29, 1.82) is 0 Å². The van der Waals surface area contributed by atoms with Gasteiger partial charge in [-0.25, -0.2) is 4.98 Å². The highest BCUT2D eigenvalue weighted by Gasteiger charge is 2.44. The highest BCUT2D eigenvalue weighted by atomic mass is 35.5. The second-order valence-electron chi connectivity index (χ2n) is 7.27. The molecule has 5 rings (SSSR count). The number of benzene rings is 1. The van der Waals surface area contributed by atoms with Gasteiger partial charge in [-0.05, 0) is 31.0 Å². The first-order valence-corrected chi connectivity index (χ1v) is 10.0. The van der Waals surface area contributed by atoms with Crippen LogP contribution >= 0.6 is 23.2 Å². The molecule has 0 unspecified atom stereocenters. The van der Waals surface area contributed by atoms with Crippen LogP contribution in [0.4, 0.5) is 0 Å². The molecule has 3 aromatic rings. The van der Waals surface area contributed by atoms with Crippen molar-refractivity contribution >= 4 is 46.1 Å². The molecule has 28 heavy (non-hydrogen) atoms. The number of carbonyl (C=O) groups is 2.